The van der Waals surface area contributed by atoms with Crippen molar-refractivity contribution in [3.05, 3.63) is 16.5 Å². The van der Waals surface area contributed by atoms with E-state index in [2.05, 4.69) is 38.2 Å². The fraction of sp³-hybridized carbons (Fsp3) is 0.625. The molecular formula is C16H22BrN5O2. The van der Waals surface area contributed by atoms with E-state index in [1.807, 2.05) is 26.8 Å². The Hall–Kier alpha value is -1.88. The number of anilines is 1. The van der Waals surface area contributed by atoms with Crippen molar-refractivity contribution in [3.63, 3.8) is 0 Å². The number of carbonyl (C=O) groups excluding carboxylic acids is 1. The summed E-state index contributed by atoms with van der Waals surface area (Å²) in [5, 5.41) is 10.8. The molecule has 0 bridgehead atoms. The number of rotatable bonds is 3. The van der Waals surface area contributed by atoms with Gasteiger partial charge in [0, 0.05) is 6.20 Å². The maximum absolute atomic E-state index is 12.2. The lowest BCUT2D eigenvalue weighted by Gasteiger charge is -2.32. The third-order valence-corrected chi connectivity index (χ3v) is 4.26. The first-order valence-corrected chi connectivity index (χ1v) is 8.70. The van der Waals surface area contributed by atoms with Crippen LogP contribution in [0.25, 0.3) is 0 Å². The molecule has 2 unspecified atom stereocenters. The maximum atomic E-state index is 12.2. The van der Waals surface area contributed by atoms with Gasteiger partial charge >= 0.3 is 6.09 Å². The lowest BCUT2D eigenvalue weighted by atomic mass is 10.1. The van der Waals surface area contributed by atoms with Gasteiger partial charge in [-0.25, -0.2) is 15.2 Å². The highest BCUT2D eigenvalue weighted by molar-refractivity contribution is 9.10. The minimum absolute atomic E-state index is 0.0511. The molecule has 1 fully saturated rings. The Bertz CT molecular complexity index is 653. The molecule has 1 N–H and O–H groups in total. The summed E-state index contributed by atoms with van der Waals surface area (Å²) in [5.41, 5.74) is 2.19. The molecule has 0 radical (unpaired) electrons. The van der Waals surface area contributed by atoms with Crippen LogP contribution in [-0.4, -0.2) is 27.7 Å². The highest BCUT2D eigenvalue weighted by atomic mass is 79.9. The van der Waals surface area contributed by atoms with Gasteiger partial charge < -0.3 is 4.74 Å². The van der Waals surface area contributed by atoms with Crippen LogP contribution in [-0.2, 0) is 4.74 Å². The third-order valence-electron chi connectivity index (χ3n) is 3.70. The Labute approximate surface area is 150 Å². The van der Waals surface area contributed by atoms with Gasteiger partial charge in [-0.15, -0.1) is 0 Å². The molecule has 0 aromatic carbocycles. The van der Waals surface area contributed by atoms with Crippen LogP contribution in [0.3, 0.4) is 0 Å². The van der Waals surface area contributed by atoms with E-state index in [0.29, 0.717) is 16.2 Å². The van der Waals surface area contributed by atoms with Crippen molar-refractivity contribution in [3.8, 4) is 6.07 Å². The Morgan fingerprint density at radius 2 is 2.21 bits per heavy atom. The number of nitrogens with one attached hydrogen (secondary N) is 1. The van der Waals surface area contributed by atoms with Gasteiger partial charge in [0.25, 0.3) is 0 Å². The molecule has 130 valence electrons. The number of amides is 1. The van der Waals surface area contributed by atoms with E-state index in [-0.39, 0.29) is 11.9 Å². The number of aromatic nitrogens is 2. The van der Waals surface area contributed by atoms with Crippen molar-refractivity contribution in [1.29, 1.82) is 5.26 Å². The average Bonchev–Trinajstić information content (AvgIpc) is 2.90. The summed E-state index contributed by atoms with van der Waals surface area (Å²) >= 11 is 3.41. The first kappa shape index (κ1) is 18.5. The molecule has 1 aromatic heterocycles. The Kier molecular flexibility index (Phi) is 5.65. The smallest absolute Gasteiger partial charge is 0.426 e. The van der Waals surface area contributed by atoms with Gasteiger partial charge in [-0.05, 0) is 61.9 Å². The Morgan fingerprint density at radius 3 is 2.75 bits per heavy atom. The van der Waals surface area contributed by atoms with E-state index in [1.165, 1.54) is 6.20 Å². The highest BCUT2D eigenvalue weighted by Crippen LogP contribution is 2.33. The fourth-order valence-electron chi connectivity index (χ4n) is 2.71. The van der Waals surface area contributed by atoms with Crippen LogP contribution in [0.2, 0.25) is 0 Å². The molecule has 2 rings (SSSR count). The molecule has 1 aliphatic carbocycles. The lowest BCUT2D eigenvalue weighted by molar-refractivity contribution is 0.0514. The van der Waals surface area contributed by atoms with Crippen molar-refractivity contribution < 1.29 is 9.53 Å². The van der Waals surface area contributed by atoms with Crippen LogP contribution in [0.15, 0.2) is 10.7 Å². The molecule has 24 heavy (non-hydrogen) atoms. The predicted molar refractivity (Wildman–Crippen MR) is 93.1 cm³/mol. The first-order chi connectivity index (χ1) is 11.2. The summed E-state index contributed by atoms with van der Waals surface area (Å²) < 4.78 is 5.97. The number of hydrogen-bond donors (Lipinski definition) is 1. The Balaban J connectivity index is 2.30. The second-order valence-electron chi connectivity index (χ2n) is 7.03. The van der Waals surface area contributed by atoms with Gasteiger partial charge in [-0.3, -0.25) is 5.01 Å². The molecule has 1 aromatic rings. The number of hydrogen-bond acceptors (Lipinski definition) is 6. The van der Waals surface area contributed by atoms with E-state index in [4.69, 9.17) is 10.00 Å². The molecule has 0 aliphatic heterocycles. The second kappa shape index (κ2) is 7.34. The van der Waals surface area contributed by atoms with Crippen LogP contribution < -0.4 is 10.4 Å². The molecule has 1 saturated carbocycles. The molecule has 0 saturated heterocycles. The molecule has 8 heteroatoms. The molecule has 1 amide bonds. The normalized spacial score (nSPS) is 20.3. The molecule has 2 atom stereocenters. The van der Waals surface area contributed by atoms with Crippen LogP contribution >= 0.6 is 15.9 Å². The number of nitriles is 1. The van der Waals surface area contributed by atoms with Gasteiger partial charge in [0.2, 0.25) is 5.82 Å². The van der Waals surface area contributed by atoms with Gasteiger partial charge in [-0.2, -0.15) is 10.2 Å². The number of carbonyl (C=O) groups is 1. The maximum Gasteiger partial charge on any atom is 0.426 e. The van der Waals surface area contributed by atoms with Crippen LogP contribution in [0, 0.1) is 17.2 Å². The average molecular weight is 396 g/mol. The first-order valence-electron chi connectivity index (χ1n) is 7.91. The summed E-state index contributed by atoms with van der Waals surface area (Å²) in [6.45, 7) is 7.61. The van der Waals surface area contributed by atoms with E-state index < -0.39 is 11.7 Å². The molecule has 7 nitrogen and oxygen atoms in total. The minimum Gasteiger partial charge on any atom is -0.443 e. The van der Waals surface area contributed by atoms with Crippen LogP contribution in [0.4, 0.5) is 10.6 Å². The van der Waals surface area contributed by atoms with Gasteiger partial charge in [0.05, 0.1) is 10.5 Å². The molecular weight excluding hydrogens is 374 g/mol. The molecule has 1 aliphatic rings. The highest BCUT2D eigenvalue weighted by Gasteiger charge is 2.31. The fourth-order valence-corrected chi connectivity index (χ4v) is 3.09. The largest absolute Gasteiger partial charge is 0.443 e. The summed E-state index contributed by atoms with van der Waals surface area (Å²) in [6.07, 6.45) is 3.89. The molecule has 1 heterocycles. The zero-order valence-electron chi connectivity index (χ0n) is 14.3. The van der Waals surface area contributed by atoms with Crippen molar-refractivity contribution in [2.24, 2.45) is 5.92 Å². The second-order valence-corrected chi connectivity index (χ2v) is 7.89. The van der Waals surface area contributed by atoms with Gasteiger partial charge in [-0.1, -0.05) is 6.92 Å². The van der Waals surface area contributed by atoms with Crippen molar-refractivity contribution in [1.82, 2.24) is 15.4 Å². The van der Waals surface area contributed by atoms with E-state index in [0.717, 1.165) is 19.3 Å². The third kappa shape index (κ3) is 4.81. The number of hydrazine groups is 1. The van der Waals surface area contributed by atoms with Gasteiger partial charge in [0.15, 0.2) is 5.82 Å². The Morgan fingerprint density at radius 1 is 1.50 bits per heavy atom. The van der Waals surface area contributed by atoms with Crippen LogP contribution in [0.5, 0.6) is 0 Å². The summed E-state index contributed by atoms with van der Waals surface area (Å²) in [7, 11) is 0. The number of ether oxygens (including phenoxy) is 1. The summed E-state index contributed by atoms with van der Waals surface area (Å²) in [5.74, 6) is 1.08. The zero-order valence-corrected chi connectivity index (χ0v) is 15.9. The van der Waals surface area contributed by atoms with Gasteiger partial charge in [0.1, 0.15) is 11.7 Å². The standard InChI is InChI=1S/C16H22BrN5O2/c1-10-5-6-11(7-10)22(21-15(23)24-16(2,3)4)14-12(17)9-19-13(8-18)20-14/h9-11H,5-7H2,1-4H3,(H,21,23). The quantitative estimate of drug-likeness (QED) is 0.786. The predicted octanol–water partition coefficient (Wildman–Crippen LogP) is 3.55. The van der Waals surface area contributed by atoms with Crippen molar-refractivity contribution >= 4 is 27.8 Å². The van der Waals surface area contributed by atoms with Crippen LogP contribution in [0.1, 0.15) is 52.8 Å². The summed E-state index contributed by atoms with van der Waals surface area (Å²) in [4.78, 5) is 20.4. The monoisotopic (exact) mass is 395 g/mol. The lowest BCUT2D eigenvalue weighted by Crippen LogP contribution is -2.50. The van der Waals surface area contributed by atoms with E-state index in [9.17, 15) is 4.79 Å². The number of nitrogens with zero attached hydrogens (tertiary/aromatic N) is 4. The van der Waals surface area contributed by atoms with Crippen molar-refractivity contribution in [2.45, 2.75) is 58.6 Å². The zero-order chi connectivity index (χ0) is 17.9. The van der Waals surface area contributed by atoms with Crippen molar-refractivity contribution in [2.75, 3.05) is 5.01 Å². The molecule has 0 spiro atoms. The van der Waals surface area contributed by atoms with E-state index >= 15 is 0 Å². The van der Waals surface area contributed by atoms with E-state index in [1.54, 1.807) is 5.01 Å². The number of halogens is 1. The SMILES string of the molecule is CC1CCC(N(NC(=O)OC(C)(C)C)c2nc(C#N)ncc2Br)C1. The topological polar surface area (TPSA) is 91.1 Å². The summed E-state index contributed by atoms with van der Waals surface area (Å²) in [6, 6.07) is 2.01. The minimum atomic E-state index is -0.598.